The minimum atomic E-state index is -0.250. The summed E-state index contributed by atoms with van der Waals surface area (Å²) in [6.45, 7) is 7.25. The summed E-state index contributed by atoms with van der Waals surface area (Å²) in [6.07, 6.45) is 6.35. The summed E-state index contributed by atoms with van der Waals surface area (Å²) < 4.78 is 0. The van der Waals surface area contributed by atoms with Crippen LogP contribution in [0.25, 0.3) is 10.8 Å². The lowest BCUT2D eigenvalue weighted by Gasteiger charge is -2.31. The Kier molecular flexibility index (Phi) is 10.3. The van der Waals surface area contributed by atoms with Gasteiger partial charge in [0.05, 0.1) is 6.04 Å². The molecular weight excluding hydrogens is 535 g/mol. The van der Waals surface area contributed by atoms with E-state index in [1.807, 2.05) is 42.5 Å². The molecule has 2 aliphatic heterocycles. The molecule has 5 rings (SSSR count). The fraction of sp³-hybridized carbons (Fsp3) is 0.471. The third-order valence-electron chi connectivity index (χ3n) is 8.75. The molecule has 0 spiro atoms. The lowest BCUT2D eigenvalue weighted by atomic mass is 9.95. The number of piperidine rings is 1. The van der Waals surface area contributed by atoms with Crippen LogP contribution in [0.2, 0.25) is 5.02 Å². The molecule has 6 nitrogen and oxygen atoms in total. The number of carbonyl (C=O) groups excluding carboxylic acids is 2. The molecule has 3 aromatic rings. The van der Waals surface area contributed by atoms with Gasteiger partial charge in [-0.1, -0.05) is 67.4 Å². The molecule has 41 heavy (non-hydrogen) atoms. The number of nitrogens with one attached hydrogen (secondary N) is 2. The highest BCUT2D eigenvalue weighted by molar-refractivity contribution is 6.31. The van der Waals surface area contributed by atoms with Crippen molar-refractivity contribution in [2.45, 2.75) is 63.5 Å². The first-order valence-electron chi connectivity index (χ1n) is 15.3. The smallest absolute Gasteiger partial charge is 0.251 e. The van der Waals surface area contributed by atoms with Gasteiger partial charge in [0, 0.05) is 48.7 Å². The van der Waals surface area contributed by atoms with Crippen LogP contribution in [0.5, 0.6) is 0 Å². The van der Waals surface area contributed by atoms with Crippen LogP contribution < -0.4 is 10.6 Å². The second-order valence-corrected chi connectivity index (χ2v) is 12.0. The van der Waals surface area contributed by atoms with E-state index < -0.39 is 0 Å². The fourth-order valence-corrected chi connectivity index (χ4v) is 6.44. The van der Waals surface area contributed by atoms with E-state index in [4.69, 9.17) is 11.6 Å². The molecule has 3 aromatic carbocycles. The zero-order valence-electron chi connectivity index (χ0n) is 24.2. The average molecular weight is 578 g/mol. The topological polar surface area (TPSA) is 64.7 Å². The minimum absolute atomic E-state index is 0.0234. The van der Waals surface area contributed by atoms with E-state index in [2.05, 4.69) is 51.6 Å². The molecule has 3 atom stereocenters. The number of fused-ring (bicyclic) bond motifs is 1. The number of benzene rings is 3. The van der Waals surface area contributed by atoms with Gasteiger partial charge in [-0.05, 0) is 85.8 Å². The second kappa shape index (κ2) is 14.3. The molecule has 2 amide bonds. The zero-order valence-corrected chi connectivity index (χ0v) is 24.9. The molecule has 2 fully saturated rings. The lowest BCUT2D eigenvalue weighted by molar-refractivity contribution is -0.133. The molecule has 0 radical (unpaired) electrons. The molecule has 0 unspecified atom stereocenters. The summed E-state index contributed by atoms with van der Waals surface area (Å²) in [5.74, 6) is 0.399. The van der Waals surface area contributed by atoms with Gasteiger partial charge in [-0.3, -0.25) is 9.59 Å². The van der Waals surface area contributed by atoms with Crippen molar-refractivity contribution < 1.29 is 9.59 Å². The van der Waals surface area contributed by atoms with E-state index in [1.54, 1.807) is 0 Å². The van der Waals surface area contributed by atoms with Crippen molar-refractivity contribution in [1.29, 1.82) is 0 Å². The van der Waals surface area contributed by atoms with Gasteiger partial charge in [0.15, 0.2) is 0 Å². The van der Waals surface area contributed by atoms with Crippen molar-refractivity contribution in [2.75, 3.05) is 39.3 Å². The fourth-order valence-electron chi connectivity index (χ4n) is 6.26. The maximum absolute atomic E-state index is 13.9. The number of hydrogen-bond acceptors (Lipinski definition) is 4. The maximum atomic E-state index is 13.9. The molecule has 2 N–H and O–H groups in total. The first-order valence-corrected chi connectivity index (χ1v) is 15.7. The van der Waals surface area contributed by atoms with Gasteiger partial charge in [0.25, 0.3) is 5.91 Å². The SMILES string of the molecule is CC[C@H](CN1CC[13C@@H]([13CH2][15NH]C(=O)c2ccc3cc(Cl)ccc3c2)N[C@@H](CCN2CCCCC2)C1=O)c1ccccc1. The Bertz CT molecular complexity index is 1310. The van der Waals surface area contributed by atoms with Crippen molar-refractivity contribution in [3.63, 3.8) is 0 Å². The van der Waals surface area contributed by atoms with Crippen LogP contribution in [-0.2, 0) is 4.79 Å². The number of nitrogens with zero attached hydrogens (tertiary/aromatic N) is 2. The van der Waals surface area contributed by atoms with Crippen molar-refractivity contribution in [3.8, 4) is 0 Å². The number of rotatable bonds is 10. The number of amides is 2. The van der Waals surface area contributed by atoms with E-state index in [0.29, 0.717) is 29.6 Å². The summed E-state index contributed by atoms with van der Waals surface area (Å²) >= 11 is 6.12. The Balaban J connectivity index is 1.26. The first kappa shape index (κ1) is 29.6. The van der Waals surface area contributed by atoms with Gasteiger partial charge < -0.3 is 20.4 Å². The van der Waals surface area contributed by atoms with Crippen LogP contribution in [0.1, 0.15) is 67.3 Å². The minimum Gasteiger partial charge on any atom is -0.350 e. The Labute approximate surface area is 249 Å². The van der Waals surface area contributed by atoms with Crippen molar-refractivity contribution >= 4 is 34.2 Å². The molecule has 2 saturated heterocycles. The van der Waals surface area contributed by atoms with Crippen LogP contribution in [0, 0.1) is 0 Å². The van der Waals surface area contributed by atoms with E-state index in [1.165, 1.54) is 24.8 Å². The maximum Gasteiger partial charge on any atom is 0.251 e. The van der Waals surface area contributed by atoms with E-state index in [-0.39, 0.29) is 23.9 Å². The molecule has 218 valence electrons. The third-order valence-corrected chi connectivity index (χ3v) is 8.99. The van der Waals surface area contributed by atoms with Crippen LogP contribution in [0.3, 0.4) is 0 Å². The number of halogens is 1. The van der Waals surface area contributed by atoms with E-state index >= 15 is 0 Å². The highest BCUT2D eigenvalue weighted by atomic mass is 35.5. The Hall–Kier alpha value is -2.93. The van der Waals surface area contributed by atoms with Crippen LogP contribution in [0.4, 0.5) is 0 Å². The predicted octanol–water partition coefficient (Wildman–Crippen LogP) is 5.85. The van der Waals surface area contributed by atoms with Crippen LogP contribution in [0.15, 0.2) is 66.7 Å². The van der Waals surface area contributed by atoms with Crippen LogP contribution >= 0.6 is 11.6 Å². The molecule has 2 aliphatic rings. The van der Waals surface area contributed by atoms with Crippen molar-refractivity contribution in [2.24, 2.45) is 0 Å². The summed E-state index contributed by atoms with van der Waals surface area (Å²) in [4.78, 5) is 31.6. The molecule has 0 saturated carbocycles. The monoisotopic (exact) mass is 577 g/mol. The van der Waals surface area contributed by atoms with Crippen molar-refractivity contribution in [1.82, 2.24) is 20.4 Å². The molecule has 0 aliphatic carbocycles. The predicted molar refractivity (Wildman–Crippen MR) is 168 cm³/mol. The average Bonchev–Trinajstić information content (AvgIpc) is 3.16. The molecular formula is C34H43ClN4O2. The highest BCUT2D eigenvalue weighted by Crippen LogP contribution is 2.24. The Morgan fingerprint density at radius 3 is 2.54 bits per heavy atom. The summed E-state index contributed by atoms with van der Waals surface area (Å²) in [7, 11) is 0. The van der Waals surface area contributed by atoms with E-state index in [0.717, 1.165) is 56.2 Å². The highest BCUT2D eigenvalue weighted by Gasteiger charge is 2.32. The van der Waals surface area contributed by atoms with Gasteiger partial charge in [0.1, 0.15) is 0 Å². The van der Waals surface area contributed by atoms with Gasteiger partial charge in [0.2, 0.25) is 5.91 Å². The van der Waals surface area contributed by atoms with Crippen molar-refractivity contribution in [3.05, 3.63) is 82.9 Å². The standard InChI is InChI=1S/C34H43ClN4O2/c1-2-25(26-9-5-3-6-10-26)24-39-20-15-31(37-32(34(39)41)16-19-38-17-7-4-8-18-38)23-36-33(40)29-12-11-28-22-30(35)14-13-27(28)21-29/h3,5-6,9-14,21-22,25,31-32,37H,2,4,7-8,15-20,23-24H2,1H3,(H,36,40)/t25-,31+,32+/m1/s1/i23+1,31+1,36+1. The number of carbonyl (C=O) groups is 2. The van der Waals surface area contributed by atoms with Crippen LogP contribution in [-0.4, -0.2) is 73.0 Å². The Morgan fingerprint density at radius 1 is 1.00 bits per heavy atom. The first-order chi connectivity index (χ1) is 20.0. The second-order valence-electron chi connectivity index (χ2n) is 11.6. The number of likely N-dealkylation sites (tertiary alicyclic amines) is 1. The Morgan fingerprint density at radius 2 is 1.76 bits per heavy atom. The molecule has 7 heteroatoms. The van der Waals surface area contributed by atoms with E-state index in [9.17, 15) is 9.59 Å². The largest absolute Gasteiger partial charge is 0.350 e. The molecule has 0 aromatic heterocycles. The zero-order chi connectivity index (χ0) is 28.6. The summed E-state index contributed by atoms with van der Waals surface area (Å²) in [6, 6.07) is 21.7. The summed E-state index contributed by atoms with van der Waals surface area (Å²) in [5, 5.41) is 9.48. The van der Waals surface area contributed by atoms with Gasteiger partial charge in [-0.2, -0.15) is 0 Å². The number of hydrogen-bond donors (Lipinski definition) is 2. The molecule has 0 bridgehead atoms. The third kappa shape index (κ3) is 7.88. The lowest BCUT2D eigenvalue weighted by Crippen LogP contribution is -2.50. The normalized spacial score (nSPS) is 21.0. The van der Waals surface area contributed by atoms with Gasteiger partial charge in [-0.15, -0.1) is 0 Å². The van der Waals surface area contributed by atoms with Gasteiger partial charge >= 0.3 is 0 Å². The van der Waals surface area contributed by atoms with Gasteiger partial charge in [-0.25, -0.2) is 0 Å². The molecule has 2 heterocycles. The quantitative estimate of drug-likeness (QED) is 0.234. The summed E-state index contributed by atoms with van der Waals surface area (Å²) in [5.41, 5.74) is 1.91.